The minimum absolute atomic E-state index is 0.304. The molecule has 5 N–H and O–H groups in total. The lowest BCUT2D eigenvalue weighted by Crippen LogP contribution is -2.12. The minimum Gasteiger partial charge on any atom is -0.398 e. The maximum absolute atomic E-state index is 12.1. The van der Waals surface area contributed by atoms with Gasteiger partial charge < -0.3 is 11.5 Å². The van der Waals surface area contributed by atoms with Crippen LogP contribution in [-0.2, 0) is 0 Å². The monoisotopic (exact) mass is 354 g/mol. The molecule has 0 saturated heterocycles. The number of benzene rings is 2. The molecule has 0 aliphatic heterocycles. The zero-order chi connectivity index (χ0) is 19.0. The number of hydrogen-bond acceptors (Lipinski definition) is 5. The number of primary amides is 1. The van der Waals surface area contributed by atoms with Gasteiger partial charge in [-0.3, -0.25) is 9.89 Å². The molecule has 2 aromatic carbocycles. The number of carbonyl (C=O) groups is 1. The largest absolute Gasteiger partial charge is 0.398 e. The smallest absolute Gasteiger partial charge is 0.249 e. The quantitative estimate of drug-likeness (QED) is 0.486. The number of nitriles is 1. The van der Waals surface area contributed by atoms with E-state index in [9.17, 15) is 10.1 Å². The SMILES string of the molecule is N#Cc1cc(-c2cc(C(N)=O)c3c(-c4ccccc4)[nH]nc3n2)ccc1N. The summed E-state index contributed by atoms with van der Waals surface area (Å²) in [4.78, 5) is 16.7. The van der Waals surface area contributed by atoms with Crippen molar-refractivity contribution in [3.05, 3.63) is 65.7 Å². The number of fused-ring (bicyclic) bond motifs is 1. The summed E-state index contributed by atoms with van der Waals surface area (Å²) in [5, 5.41) is 16.9. The Morgan fingerprint density at radius 1 is 1.07 bits per heavy atom. The number of anilines is 1. The molecule has 0 atom stereocenters. The normalized spacial score (nSPS) is 10.6. The van der Waals surface area contributed by atoms with E-state index < -0.39 is 5.91 Å². The van der Waals surface area contributed by atoms with Crippen molar-refractivity contribution in [1.29, 1.82) is 5.26 Å². The predicted octanol–water partition coefficient (Wildman–Crippen LogP) is 2.84. The fourth-order valence-corrected chi connectivity index (χ4v) is 2.99. The van der Waals surface area contributed by atoms with Crippen LogP contribution in [0, 0.1) is 11.3 Å². The Bertz CT molecular complexity index is 1220. The van der Waals surface area contributed by atoms with E-state index in [0.29, 0.717) is 44.8 Å². The number of pyridine rings is 1. The van der Waals surface area contributed by atoms with Crippen molar-refractivity contribution in [1.82, 2.24) is 15.2 Å². The Morgan fingerprint density at radius 2 is 1.85 bits per heavy atom. The van der Waals surface area contributed by atoms with Crippen molar-refractivity contribution < 1.29 is 4.79 Å². The van der Waals surface area contributed by atoms with Crippen LogP contribution in [-0.4, -0.2) is 21.1 Å². The zero-order valence-corrected chi connectivity index (χ0v) is 14.1. The molecule has 0 aliphatic rings. The average molecular weight is 354 g/mol. The highest BCUT2D eigenvalue weighted by Gasteiger charge is 2.19. The van der Waals surface area contributed by atoms with E-state index in [2.05, 4.69) is 15.2 Å². The summed E-state index contributed by atoms with van der Waals surface area (Å²) in [5.41, 5.74) is 15.5. The summed E-state index contributed by atoms with van der Waals surface area (Å²) in [6.45, 7) is 0. The molecule has 4 rings (SSSR count). The highest BCUT2D eigenvalue weighted by atomic mass is 16.1. The third-order valence-corrected chi connectivity index (χ3v) is 4.32. The lowest BCUT2D eigenvalue weighted by molar-refractivity contribution is 0.100. The van der Waals surface area contributed by atoms with Gasteiger partial charge in [0.05, 0.1) is 27.9 Å². The molecule has 7 nitrogen and oxygen atoms in total. The molecule has 1 amide bonds. The number of aromatic amines is 1. The van der Waals surface area contributed by atoms with Crippen LogP contribution in [0.25, 0.3) is 33.5 Å². The van der Waals surface area contributed by atoms with Crippen molar-refractivity contribution in [2.24, 2.45) is 5.73 Å². The van der Waals surface area contributed by atoms with Crippen LogP contribution in [0.4, 0.5) is 5.69 Å². The van der Waals surface area contributed by atoms with Crippen LogP contribution in [0.3, 0.4) is 0 Å². The summed E-state index contributed by atoms with van der Waals surface area (Å²) >= 11 is 0. The average Bonchev–Trinajstić information content (AvgIpc) is 3.12. The number of rotatable bonds is 3. The molecule has 0 unspecified atom stereocenters. The van der Waals surface area contributed by atoms with Crippen LogP contribution in [0.2, 0.25) is 0 Å². The molecular weight excluding hydrogens is 340 g/mol. The summed E-state index contributed by atoms with van der Waals surface area (Å²) < 4.78 is 0. The first-order valence-corrected chi connectivity index (χ1v) is 8.13. The van der Waals surface area contributed by atoms with Crippen LogP contribution in [0.1, 0.15) is 15.9 Å². The van der Waals surface area contributed by atoms with Gasteiger partial charge in [-0.05, 0) is 18.2 Å². The van der Waals surface area contributed by atoms with Crippen molar-refractivity contribution in [2.75, 3.05) is 5.73 Å². The van der Waals surface area contributed by atoms with E-state index >= 15 is 0 Å². The number of hydrogen-bond donors (Lipinski definition) is 3. The van der Waals surface area contributed by atoms with E-state index in [1.54, 1.807) is 24.3 Å². The van der Waals surface area contributed by atoms with Crippen molar-refractivity contribution >= 4 is 22.6 Å². The third-order valence-electron chi connectivity index (χ3n) is 4.32. The van der Waals surface area contributed by atoms with E-state index in [-0.39, 0.29) is 0 Å². The van der Waals surface area contributed by atoms with Gasteiger partial charge >= 0.3 is 0 Å². The zero-order valence-electron chi connectivity index (χ0n) is 14.1. The topological polar surface area (TPSA) is 134 Å². The fourth-order valence-electron chi connectivity index (χ4n) is 2.99. The number of carbonyl (C=O) groups excluding carboxylic acids is 1. The first kappa shape index (κ1) is 16.3. The van der Waals surface area contributed by atoms with Crippen LogP contribution >= 0.6 is 0 Å². The first-order chi connectivity index (χ1) is 13.1. The Labute approximate surface area is 154 Å². The van der Waals surface area contributed by atoms with E-state index in [1.165, 1.54) is 0 Å². The Hall–Kier alpha value is -4.18. The van der Waals surface area contributed by atoms with E-state index in [4.69, 9.17) is 11.5 Å². The number of aromatic nitrogens is 3. The van der Waals surface area contributed by atoms with E-state index in [1.807, 2.05) is 36.4 Å². The summed E-state index contributed by atoms with van der Waals surface area (Å²) in [7, 11) is 0. The van der Waals surface area contributed by atoms with Crippen molar-refractivity contribution in [3.8, 4) is 28.6 Å². The van der Waals surface area contributed by atoms with Crippen LogP contribution in [0.15, 0.2) is 54.6 Å². The standard InChI is InChI=1S/C20H14N6O/c21-10-13-8-12(6-7-15(13)22)16-9-14(19(23)27)17-18(25-26-20(17)24-16)11-4-2-1-3-5-11/h1-9H,22H2,(H2,23,27)(H,24,25,26). The molecule has 7 heteroatoms. The maximum atomic E-state index is 12.1. The number of nitrogens with one attached hydrogen (secondary N) is 1. The summed E-state index contributed by atoms with van der Waals surface area (Å²) in [5.74, 6) is -0.585. The second kappa shape index (κ2) is 6.28. The highest BCUT2D eigenvalue weighted by molar-refractivity contribution is 6.10. The fraction of sp³-hybridized carbons (Fsp3) is 0. The molecule has 0 aliphatic carbocycles. The van der Waals surface area contributed by atoms with Crippen molar-refractivity contribution in [2.45, 2.75) is 0 Å². The molecule has 0 spiro atoms. The lowest BCUT2D eigenvalue weighted by atomic mass is 10.0. The van der Waals surface area contributed by atoms with Gasteiger partial charge in [0.15, 0.2) is 5.65 Å². The number of H-pyrrole nitrogens is 1. The molecular formula is C20H14N6O. The van der Waals surface area contributed by atoms with Gasteiger partial charge in [0.25, 0.3) is 0 Å². The maximum Gasteiger partial charge on any atom is 0.249 e. The second-order valence-electron chi connectivity index (χ2n) is 6.00. The van der Waals surface area contributed by atoms with Crippen molar-refractivity contribution in [3.63, 3.8) is 0 Å². The molecule has 130 valence electrons. The second-order valence-corrected chi connectivity index (χ2v) is 6.00. The molecule has 2 aromatic heterocycles. The first-order valence-electron chi connectivity index (χ1n) is 8.13. The Morgan fingerprint density at radius 3 is 2.56 bits per heavy atom. The number of nitrogens with two attached hydrogens (primary N) is 2. The molecule has 0 radical (unpaired) electrons. The Balaban J connectivity index is 1.97. The van der Waals surface area contributed by atoms with Crippen LogP contribution in [0.5, 0.6) is 0 Å². The van der Waals surface area contributed by atoms with Gasteiger partial charge in [-0.2, -0.15) is 10.4 Å². The van der Waals surface area contributed by atoms with Gasteiger partial charge in [0.1, 0.15) is 6.07 Å². The number of amides is 1. The third kappa shape index (κ3) is 2.75. The molecule has 0 fully saturated rings. The molecule has 0 bridgehead atoms. The number of nitrogens with zero attached hydrogens (tertiary/aromatic N) is 3. The molecule has 4 aromatic rings. The highest BCUT2D eigenvalue weighted by Crippen LogP contribution is 2.31. The Kier molecular flexibility index (Phi) is 3.79. The summed E-state index contributed by atoms with van der Waals surface area (Å²) in [6, 6.07) is 18.1. The molecule has 27 heavy (non-hydrogen) atoms. The molecule has 0 saturated carbocycles. The van der Waals surface area contributed by atoms with Gasteiger partial charge in [-0.15, -0.1) is 0 Å². The van der Waals surface area contributed by atoms with Gasteiger partial charge in [-0.1, -0.05) is 36.4 Å². The van der Waals surface area contributed by atoms with Gasteiger partial charge in [0, 0.05) is 16.8 Å². The predicted molar refractivity (Wildman–Crippen MR) is 102 cm³/mol. The van der Waals surface area contributed by atoms with Gasteiger partial charge in [-0.25, -0.2) is 4.98 Å². The minimum atomic E-state index is -0.585. The lowest BCUT2D eigenvalue weighted by Gasteiger charge is -2.07. The van der Waals surface area contributed by atoms with Gasteiger partial charge in [0.2, 0.25) is 5.91 Å². The summed E-state index contributed by atoms with van der Waals surface area (Å²) in [6.07, 6.45) is 0. The van der Waals surface area contributed by atoms with Crippen LogP contribution < -0.4 is 11.5 Å². The van der Waals surface area contributed by atoms with E-state index in [0.717, 1.165) is 5.56 Å². The number of nitrogen functional groups attached to an aromatic ring is 1. The molecule has 2 heterocycles.